The lowest BCUT2D eigenvalue weighted by molar-refractivity contribution is 0.103. The van der Waals surface area contributed by atoms with Crippen LogP contribution in [-0.4, -0.2) is 5.78 Å². The van der Waals surface area contributed by atoms with Crippen LogP contribution < -0.4 is 0 Å². The molecule has 1 aromatic rings. The highest BCUT2D eigenvalue weighted by molar-refractivity contribution is 6.10. The lowest BCUT2D eigenvalue weighted by Gasteiger charge is -2.01. The smallest absolute Gasteiger partial charge is 0.193 e. The van der Waals surface area contributed by atoms with Crippen molar-refractivity contribution < 1.29 is 4.79 Å². The molecule has 0 atom stereocenters. The van der Waals surface area contributed by atoms with Gasteiger partial charge in [0, 0.05) is 11.1 Å². The number of carbonyl (C=O) groups is 1. The largest absolute Gasteiger partial charge is 0.289 e. The van der Waals surface area contributed by atoms with Crippen molar-refractivity contribution in [2.24, 2.45) is 0 Å². The third-order valence-electron chi connectivity index (χ3n) is 1.92. The molecule has 0 unspecified atom stereocenters. The van der Waals surface area contributed by atoms with Crippen LogP contribution in [0.1, 0.15) is 17.3 Å². The highest BCUT2D eigenvalue weighted by Crippen LogP contribution is 2.10. The summed E-state index contributed by atoms with van der Waals surface area (Å²) in [5.41, 5.74) is 2.09. The predicted octanol–water partition coefficient (Wildman–Crippen LogP) is 3.56. The second-order valence-corrected chi connectivity index (χ2v) is 3.35. The van der Waals surface area contributed by atoms with E-state index in [1.165, 1.54) is 0 Å². The van der Waals surface area contributed by atoms with Crippen molar-refractivity contribution in [3.63, 3.8) is 0 Å². The zero-order valence-corrected chi connectivity index (χ0v) is 8.86. The standard InChI is InChI=1S/C14H14O/c1-4-12(10-11(2)3)14(15)13-8-6-5-7-9-13/h4-10H,1-2H2,3H3/b12-10+. The van der Waals surface area contributed by atoms with E-state index in [0.717, 1.165) is 5.57 Å². The Balaban J connectivity index is 3.03. The van der Waals surface area contributed by atoms with Gasteiger partial charge in [-0.15, -0.1) is 0 Å². The highest BCUT2D eigenvalue weighted by Gasteiger charge is 2.07. The molecule has 0 saturated carbocycles. The summed E-state index contributed by atoms with van der Waals surface area (Å²) in [6, 6.07) is 9.15. The van der Waals surface area contributed by atoms with Crippen LogP contribution >= 0.6 is 0 Å². The molecule has 0 saturated heterocycles. The number of rotatable bonds is 4. The first-order valence-electron chi connectivity index (χ1n) is 4.74. The molecule has 1 nitrogen and oxygen atoms in total. The van der Waals surface area contributed by atoms with Crippen molar-refractivity contribution in [2.45, 2.75) is 6.92 Å². The van der Waals surface area contributed by atoms with Crippen LogP contribution in [0.4, 0.5) is 0 Å². The Morgan fingerprint density at radius 2 is 1.87 bits per heavy atom. The Labute approximate surface area is 90.4 Å². The monoisotopic (exact) mass is 198 g/mol. The van der Waals surface area contributed by atoms with Crippen LogP contribution in [0, 0.1) is 0 Å². The van der Waals surface area contributed by atoms with Gasteiger partial charge in [-0.1, -0.05) is 55.1 Å². The molecule has 0 aliphatic carbocycles. The minimum Gasteiger partial charge on any atom is -0.289 e. The molecule has 0 aliphatic heterocycles. The third kappa shape index (κ3) is 3.06. The molecule has 0 N–H and O–H groups in total. The lowest BCUT2D eigenvalue weighted by atomic mass is 10.0. The summed E-state index contributed by atoms with van der Waals surface area (Å²) in [4.78, 5) is 11.9. The van der Waals surface area contributed by atoms with Gasteiger partial charge < -0.3 is 0 Å². The molecular formula is C14H14O. The van der Waals surface area contributed by atoms with Crippen LogP contribution in [0.3, 0.4) is 0 Å². The Bertz CT molecular complexity index is 410. The van der Waals surface area contributed by atoms with Crippen molar-refractivity contribution in [3.8, 4) is 0 Å². The molecule has 1 rings (SSSR count). The fourth-order valence-corrected chi connectivity index (χ4v) is 1.24. The van der Waals surface area contributed by atoms with Gasteiger partial charge in [0.15, 0.2) is 5.78 Å². The van der Waals surface area contributed by atoms with Gasteiger partial charge in [0.25, 0.3) is 0 Å². The number of benzene rings is 1. The Morgan fingerprint density at radius 3 is 2.33 bits per heavy atom. The molecular weight excluding hydrogens is 184 g/mol. The Morgan fingerprint density at radius 1 is 1.27 bits per heavy atom. The Hall–Kier alpha value is -1.89. The maximum Gasteiger partial charge on any atom is 0.193 e. The normalized spacial score (nSPS) is 10.9. The summed E-state index contributed by atoms with van der Waals surface area (Å²) in [6.07, 6.45) is 3.30. The van der Waals surface area contributed by atoms with E-state index in [-0.39, 0.29) is 5.78 Å². The van der Waals surface area contributed by atoms with Gasteiger partial charge in [0.2, 0.25) is 0 Å². The summed E-state index contributed by atoms with van der Waals surface area (Å²) >= 11 is 0. The van der Waals surface area contributed by atoms with Crippen molar-refractivity contribution in [3.05, 3.63) is 72.4 Å². The lowest BCUT2D eigenvalue weighted by Crippen LogP contribution is -2.01. The van der Waals surface area contributed by atoms with Gasteiger partial charge in [-0.2, -0.15) is 0 Å². The molecule has 1 heteroatoms. The SMILES string of the molecule is C=C/C(=C\C(=C)C)C(=O)c1ccccc1. The first kappa shape index (κ1) is 11.2. The van der Waals surface area contributed by atoms with Gasteiger partial charge in [-0.3, -0.25) is 4.79 Å². The van der Waals surface area contributed by atoms with Crippen LogP contribution in [0.5, 0.6) is 0 Å². The highest BCUT2D eigenvalue weighted by atomic mass is 16.1. The third-order valence-corrected chi connectivity index (χ3v) is 1.92. The quantitative estimate of drug-likeness (QED) is 0.410. The summed E-state index contributed by atoms with van der Waals surface area (Å²) < 4.78 is 0. The van der Waals surface area contributed by atoms with Crippen LogP contribution in [-0.2, 0) is 0 Å². The summed E-state index contributed by atoms with van der Waals surface area (Å²) in [6.45, 7) is 9.22. The average molecular weight is 198 g/mol. The molecule has 0 fully saturated rings. The van der Waals surface area contributed by atoms with E-state index in [1.54, 1.807) is 24.3 Å². The molecule has 0 bridgehead atoms. The van der Waals surface area contributed by atoms with Crippen LogP contribution in [0.15, 0.2) is 66.8 Å². The maximum absolute atomic E-state index is 11.9. The number of hydrogen-bond acceptors (Lipinski definition) is 1. The van der Waals surface area contributed by atoms with E-state index in [2.05, 4.69) is 13.2 Å². The van der Waals surface area contributed by atoms with E-state index in [4.69, 9.17) is 0 Å². The summed E-state index contributed by atoms with van der Waals surface area (Å²) in [7, 11) is 0. The first-order valence-corrected chi connectivity index (χ1v) is 4.74. The zero-order chi connectivity index (χ0) is 11.3. The van der Waals surface area contributed by atoms with Gasteiger partial charge in [-0.25, -0.2) is 0 Å². The van der Waals surface area contributed by atoms with Gasteiger partial charge in [0.05, 0.1) is 0 Å². The van der Waals surface area contributed by atoms with Crippen molar-refractivity contribution in [1.29, 1.82) is 0 Å². The molecule has 0 radical (unpaired) electrons. The van der Waals surface area contributed by atoms with Crippen LogP contribution in [0.25, 0.3) is 0 Å². The Kier molecular flexibility index (Phi) is 3.81. The molecule has 0 heterocycles. The molecule has 76 valence electrons. The van der Waals surface area contributed by atoms with Crippen LogP contribution in [0.2, 0.25) is 0 Å². The second kappa shape index (κ2) is 5.11. The molecule has 1 aromatic carbocycles. The zero-order valence-electron chi connectivity index (χ0n) is 8.86. The summed E-state index contributed by atoms with van der Waals surface area (Å²) in [5.74, 6) is -0.0198. The predicted molar refractivity (Wildman–Crippen MR) is 63.9 cm³/mol. The molecule has 0 spiro atoms. The molecule has 0 aliphatic rings. The first-order chi connectivity index (χ1) is 7.15. The number of allylic oxidation sites excluding steroid dienone is 4. The van der Waals surface area contributed by atoms with E-state index in [1.807, 2.05) is 25.1 Å². The van der Waals surface area contributed by atoms with Gasteiger partial charge in [-0.05, 0) is 13.0 Å². The average Bonchev–Trinajstić information content (AvgIpc) is 2.26. The van der Waals surface area contributed by atoms with E-state index in [9.17, 15) is 4.79 Å². The van der Waals surface area contributed by atoms with E-state index >= 15 is 0 Å². The van der Waals surface area contributed by atoms with E-state index in [0.29, 0.717) is 11.1 Å². The summed E-state index contributed by atoms with van der Waals surface area (Å²) in [5, 5.41) is 0. The van der Waals surface area contributed by atoms with Crippen molar-refractivity contribution in [2.75, 3.05) is 0 Å². The fraction of sp³-hybridized carbons (Fsp3) is 0.0714. The topological polar surface area (TPSA) is 17.1 Å². The number of carbonyl (C=O) groups excluding carboxylic acids is 1. The number of Topliss-reactive ketones (excluding diaryl/α,β-unsaturated/α-hetero) is 1. The number of hydrogen-bond donors (Lipinski definition) is 0. The molecule has 0 amide bonds. The second-order valence-electron chi connectivity index (χ2n) is 3.35. The van der Waals surface area contributed by atoms with Crippen molar-refractivity contribution >= 4 is 5.78 Å². The van der Waals surface area contributed by atoms with Crippen molar-refractivity contribution in [1.82, 2.24) is 0 Å². The van der Waals surface area contributed by atoms with E-state index < -0.39 is 0 Å². The minimum atomic E-state index is -0.0198. The molecule has 0 aromatic heterocycles. The molecule has 15 heavy (non-hydrogen) atoms. The van der Waals surface area contributed by atoms with Gasteiger partial charge in [0.1, 0.15) is 0 Å². The number of ketones is 1. The maximum atomic E-state index is 11.9. The van der Waals surface area contributed by atoms with Gasteiger partial charge >= 0.3 is 0 Å². The fourth-order valence-electron chi connectivity index (χ4n) is 1.24. The minimum absolute atomic E-state index is 0.0198.